The maximum absolute atomic E-state index is 4.98. The first-order valence-electron chi connectivity index (χ1n) is 7.26. The van der Waals surface area contributed by atoms with Crippen molar-refractivity contribution in [3.63, 3.8) is 0 Å². The Morgan fingerprint density at radius 1 is 1.00 bits per heavy atom. The van der Waals surface area contributed by atoms with Gasteiger partial charge in [-0.1, -0.05) is 32.0 Å². The summed E-state index contributed by atoms with van der Waals surface area (Å²) in [7, 11) is 2.91. The molecule has 9 nitrogen and oxygen atoms in total. The highest BCUT2D eigenvalue weighted by molar-refractivity contribution is 5.85. The molecule has 126 valence electrons. The lowest BCUT2D eigenvalue weighted by Gasteiger charge is -2.06. The van der Waals surface area contributed by atoms with E-state index in [9.17, 15) is 0 Å². The Labute approximate surface area is 139 Å². The average Bonchev–Trinajstić information content (AvgIpc) is 2.61. The molecule has 0 unspecified atom stereocenters. The number of rotatable bonds is 6. The van der Waals surface area contributed by atoms with E-state index in [4.69, 9.17) is 9.47 Å². The molecule has 0 aliphatic rings. The highest BCUT2D eigenvalue weighted by Crippen LogP contribution is 2.14. The fraction of sp³-hybridized carbons (Fsp3) is 0.333. The zero-order chi connectivity index (χ0) is 17.4. The van der Waals surface area contributed by atoms with Gasteiger partial charge in [0.1, 0.15) is 0 Å². The van der Waals surface area contributed by atoms with Crippen LogP contribution in [0.25, 0.3) is 0 Å². The first kappa shape index (κ1) is 17.3. The average molecular weight is 329 g/mol. The van der Waals surface area contributed by atoms with E-state index < -0.39 is 0 Å². The Bertz CT molecular complexity index is 695. The van der Waals surface area contributed by atoms with Crippen molar-refractivity contribution < 1.29 is 9.47 Å². The maximum Gasteiger partial charge on any atom is 0.324 e. The van der Waals surface area contributed by atoms with Crippen LogP contribution in [0.15, 0.2) is 45.7 Å². The lowest BCUT2D eigenvalue weighted by Crippen LogP contribution is -2.09. The van der Waals surface area contributed by atoms with Crippen LogP contribution in [0.4, 0.5) is 11.6 Å². The van der Waals surface area contributed by atoms with Gasteiger partial charge in [0.05, 0.1) is 19.9 Å². The summed E-state index contributed by atoms with van der Waals surface area (Å²) in [5.41, 5.74) is 3.47. The van der Waals surface area contributed by atoms with Crippen LogP contribution in [0.2, 0.25) is 0 Å². The normalized spacial score (nSPS) is 11.8. The number of nitrogens with zero attached hydrogens (tertiary/aromatic N) is 6. The molecule has 0 saturated carbocycles. The van der Waals surface area contributed by atoms with E-state index in [2.05, 4.69) is 35.7 Å². The zero-order valence-electron chi connectivity index (χ0n) is 14.0. The molecule has 9 heteroatoms. The molecule has 0 aliphatic carbocycles. The minimum atomic E-state index is 0.0515. The number of benzene rings is 1. The van der Waals surface area contributed by atoms with Gasteiger partial charge in [-0.25, -0.2) is 5.43 Å². The summed E-state index contributed by atoms with van der Waals surface area (Å²) in [6, 6.07) is 9.66. The molecular weight excluding hydrogens is 310 g/mol. The van der Waals surface area contributed by atoms with E-state index in [1.54, 1.807) is 0 Å². The van der Waals surface area contributed by atoms with Gasteiger partial charge >= 0.3 is 12.0 Å². The monoisotopic (exact) mass is 329 g/mol. The molecule has 0 aliphatic heterocycles. The first-order valence-corrected chi connectivity index (χ1v) is 7.26. The number of hydrogen-bond acceptors (Lipinski definition) is 8. The molecule has 0 amide bonds. The SMILES string of the molecule is COc1nc(N/N=C(\N=N\c2ccccc2)C(C)C)nc(OC)n1. The molecule has 24 heavy (non-hydrogen) atoms. The second-order valence-electron chi connectivity index (χ2n) is 4.90. The molecule has 2 aromatic rings. The molecule has 0 bridgehead atoms. The van der Waals surface area contributed by atoms with Crippen molar-refractivity contribution in [2.75, 3.05) is 19.6 Å². The number of amidine groups is 1. The van der Waals surface area contributed by atoms with E-state index >= 15 is 0 Å². The van der Waals surface area contributed by atoms with Crippen molar-refractivity contribution in [3.05, 3.63) is 30.3 Å². The molecule has 0 saturated heterocycles. The van der Waals surface area contributed by atoms with E-state index in [0.717, 1.165) is 5.69 Å². The summed E-state index contributed by atoms with van der Waals surface area (Å²) in [6.07, 6.45) is 0. The number of ether oxygens (including phenoxy) is 2. The second kappa shape index (κ2) is 8.51. The van der Waals surface area contributed by atoms with E-state index in [0.29, 0.717) is 5.84 Å². The zero-order valence-corrected chi connectivity index (χ0v) is 14.0. The molecule has 0 radical (unpaired) electrons. The van der Waals surface area contributed by atoms with E-state index in [1.165, 1.54) is 14.2 Å². The number of azo groups is 1. The van der Waals surface area contributed by atoms with Crippen molar-refractivity contribution >= 4 is 17.5 Å². The summed E-state index contributed by atoms with van der Waals surface area (Å²) in [4.78, 5) is 12.0. The fourth-order valence-electron chi connectivity index (χ4n) is 1.55. The van der Waals surface area contributed by atoms with Crippen LogP contribution in [0.5, 0.6) is 12.0 Å². The van der Waals surface area contributed by atoms with Crippen LogP contribution < -0.4 is 14.9 Å². The second-order valence-corrected chi connectivity index (χ2v) is 4.90. The summed E-state index contributed by atoms with van der Waals surface area (Å²) in [5, 5.41) is 12.5. The summed E-state index contributed by atoms with van der Waals surface area (Å²) >= 11 is 0. The van der Waals surface area contributed by atoms with Crippen molar-refractivity contribution in [2.45, 2.75) is 13.8 Å². The summed E-state index contributed by atoms with van der Waals surface area (Å²) in [6.45, 7) is 3.91. The molecule has 0 atom stereocenters. The third kappa shape index (κ3) is 4.97. The van der Waals surface area contributed by atoms with Gasteiger partial charge in [-0.3, -0.25) is 0 Å². The maximum atomic E-state index is 4.98. The molecule has 1 aromatic heterocycles. The number of methoxy groups -OCH3 is 2. The van der Waals surface area contributed by atoms with Crippen LogP contribution in [-0.4, -0.2) is 35.0 Å². The van der Waals surface area contributed by atoms with Gasteiger partial charge < -0.3 is 9.47 Å². The van der Waals surface area contributed by atoms with Crippen LogP contribution in [-0.2, 0) is 0 Å². The predicted octanol–water partition coefficient (Wildman–Crippen LogP) is 3.05. The lowest BCUT2D eigenvalue weighted by molar-refractivity contribution is 0.341. The molecular formula is C15H19N7O2. The van der Waals surface area contributed by atoms with Gasteiger partial charge in [0.25, 0.3) is 5.95 Å². The van der Waals surface area contributed by atoms with E-state index in [1.807, 2.05) is 44.2 Å². The summed E-state index contributed by atoms with van der Waals surface area (Å²) < 4.78 is 9.97. The number of hydrazone groups is 1. The van der Waals surface area contributed by atoms with Gasteiger partial charge in [0, 0.05) is 5.92 Å². The molecule has 0 fully saturated rings. The van der Waals surface area contributed by atoms with Crippen molar-refractivity contribution in [1.29, 1.82) is 0 Å². The van der Waals surface area contributed by atoms with Gasteiger partial charge in [-0.15, -0.1) is 15.2 Å². The highest BCUT2D eigenvalue weighted by Gasteiger charge is 2.08. The van der Waals surface area contributed by atoms with Crippen LogP contribution in [0.1, 0.15) is 13.8 Å². The number of nitrogens with one attached hydrogen (secondary N) is 1. The number of anilines is 1. The third-order valence-electron chi connectivity index (χ3n) is 2.77. The smallest absolute Gasteiger partial charge is 0.324 e. The van der Waals surface area contributed by atoms with Crippen LogP contribution in [0.3, 0.4) is 0 Å². The first-order chi connectivity index (χ1) is 11.6. The molecule has 0 spiro atoms. The third-order valence-corrected chi connectivity index (χ3v) is 2.77. The van der Waals surface area contributed by atoms with Gasteiger partial charge in [0.15, 0.2) is 5.84 Å². The minimum Gasteiger partial charge on any atom is -0.467 e. The Morgan fingerprint density at radius 3 is 2.17 bits per heavy atom. The Balaban J connectivity index is 2.18. The fourth-order valence-corrected chi connectivity index (χ4v) is 1.55. The quantitative estimate of drug-likeness (QED) is 0.378. The predicted molar refractivity (Wildman–Crippen MR) is 89.8 cm³/mol. The Hall–Kier alpha value is -3.10. The van der Waals surface area contributed by atoms with Crippen LogP contribution >= 0.6 is 0 Å². The molecule has 1 heterocycles. The topological polar surface area (TPSA) is 106 Å². The Morgan fingerprint density at radius 2 is 1.62 bits per heavy atom. The molecule has 1 aromatic carbocycles. The van der Waals surface area contributed by atoms with Crippen molar-refractivity contribution in [2.24, 2.45) is 21.2 Å². The van der Waals surface area contributed by atoms with Crippen molar-refractivity contribution in [1.82, 2.24) is 15.0 Å². The number of hydrogen-bond donors (Lipinski definition) is 1. The van der Waals surface area contributed by atoms with E-state index in [-0.39, 0.29) is 23.9 Å². The number of aromatic nitrogens is 3. The molecule has 1 N–H and O–H groups in total. The van der Waals surface area contributed by atoms with Gasteiger partial charge in [-0.2, -0.15) is 15.1 Å². The van der Waals surface area contributed by atoms with Crippen LogP contribution in [0, 0.1) is 5.92 Å². The largest absolute Gasteiger partial charge is 0.467 e. The minimum absolute atomic E-state index is 0.0515. The Kier molecular flexibility index (Phi) is 6.12. The highest BCUT2D eigenvalue weighted by atomic mass is 16.5. The summed E-state index contributed by atoms with van der Waals surface area (Å²) in [5.74, 6) is 0.736. The van der Waals surface area contributed by atoms with Crippen molar-refractivity contribution in [3.8, 4) is 12.0 Å². The van der Waals surface area contributed by atoms with Gasteiger partial charge in [0.2, 0.25) is 0 Å². The molecule has 2 rings (SSSR count). The standard InChI is InChI=1S/C15H19N7O2/c1-10(2)12(20-19-11-8-6-5-7-9-11)21-22-13-16-14(23-3)18-15(17-13)24-4/h5-10H,1-4H3,(H,16,17,18,22)/b20-19+,21-12-. The van der Waals surface area contributed by atoms with Gasteiger partial charge in [-0.05, 0) is 12.1 Å². The lowest BCUT2D eigenvalue weighted by atomic mass is 10.2.